The Bertz CT molecular complexity index is 2970. The molecule has 412 valence electrons. The molecule has 0 aliphatic rings. The van der Waals surface area contributed by atoms with Crippen molar-refractivity contribution in [3.63, 3.8) is 0 Å². The van der Waals surface area contributed by atoms with E-state index >= 15 is 0 Å². The van der Waals surface area contributed by atoms with Crippen LogP contribution in [0.5, 0.6) is 0 Å². The zero-order valence-corrected chi connectivity index (χ0v) is 37.9. The van der Waals surface area contributed by atoms with Gasteiger partial charge < -0.3 is 0 Å². The normalized spacial score (nSPS) is 13.2. The molecule has 0 atom stereocenters. The Labute approximate surface area is 421 Å². The summed E-state index contributed by atoms with van der Waals surface area (Å²) in [6.45, 7) is 0.226. The molecule has 0 spiro atoms. The van der Waals surface area contributed by atoms with Crippen molar-refractivity contribution >= 4 is 44.6 Å². The van der Waals surface area contributed by atoms with Crippen LogP contribution >= 0.6 is 0 Å². The number of Topliss-reactive ketones (excluding diaryl/α,β-unsaturated/α-hetero) is 1. The molecule has 6 aromatic carbocycles. The fourth-order valence-corrected chi connectivity index (χ4v) is 8.44. The van der Waals surface area contributed by atoms with Crippen molar-refractivity contribution in [3.8, 4) is 6.07 Å². The summed E-state index contributed by atoms with van der Waals surface area (Å²) in [4.78, 5) is 12.2. The van der Waals surface area contributed by atoms with Crippen LogP contribution in [0, 0.1) is 11.3 Å². The summed E-state index contributed by atoms with van der Waals surface area (Å²) in [5.74, 6) is 0.0276. The third-order valence-electron chi connectivity index (χ3n) is 11.8. The first-order valence-corrected chi connectivity index (χ1v) is 21.3. The Morgan fingerprint density at radius 2 is 0.654 bits per heavy atom. The zero-order chi connectivity index (χ0) is 58.6. The van der Waals surface area contributed by atoms with Crippen LogP contribution < -0.4 is 26.4 Å². The molecule has 1 aromatic heterocycles. The summed E-state index contributed by atoms with van der Waals surface area (Å²) in [5.41, 5.74) is -28.9. The number of carbonyl (C=O) groups excluding carboxylic acids is 1. The number of alkyl halides is 24. The van der Waals surface area contributed by atoms with Gasteiger partial charge in [0.1, 0.15) is 17.8 Å². The van der Waals surface area contributed by atoms with E-state index in [1.165, 1.54) is 0 Å². The lowest BCUT2D eigenvalue weighted by Gasteiger charge is -2.46. The molecular formula is C50H25BF24N2O. The molecule has 0 radical (unpaired) electrons. The summed E-state index contributed by atoms with van der Waals surface area (Å²) < 4.78 is 343. The molecule has 0 fully saturated rings. The lowest BCUT2D eigenvalue weighted by atomic mass is 9.12. The predicted octanol–water partition coefficient (Wildman–Crippen LogP) is 14.1. The van der Waals surface area contributed by atoms with E-state index in [0.717, 1.165) is 10.8 Å². The van der Waals surface area contributed by atoms with Gasteiger partial charge in [-0.1, -0.05) is 97.1 Å². The van der Waals surface area contributed by atoms with Crippen molar-refractivity contribution in [1.82, 2.24) is 0 Å². The molecule has 0 saturated carbocycles. The highest BCUT2D eigenvalue weighted by Crippen LogP contribution is 2.41. The highest BCUT2D eigenvalue weighted by Gasteiger charge is 2.47. The number of halogens is 24. The molecule has 3 nitrogen and oxygen atoms in total. The number of pyridine rings is 1. The standard InChI is InChI=1S/C32H12BF24.C18H13N2O/c34-25(35,36)13-1-14(26(37,38)39)6-21(5-13)33(22-7-15(27(40,41)42)2-16(8-22)28(43,44)45,23-9-17(29(46,47)48)3-18(10-23)30(49,50)51)24-11-19(31(52,53)54)4-20(12-24)32(55,56)57;19-10-16-12-20(11-15-8-4-5-9-17(15)16)13-18(21)14-6-2-1-3-7-14/h1-12H;1-9,11-12H,13H2/q-1;+1. The zero-order valence-electron chi connectivity index (χ0n) is 37.9. The maximum Gasteiger partial charge on any atom is 0.416 e. The Balaban J connectivity index is 0.000000387. The highest BCUT2D eigenvalue weighted by molar-refractivity contribution is 7.20. The molecule has 7 aromatic rings. The van der Waals surface area contributed by atoms with Gasteiger partial charge in [-0.3, -0.25) is 4.79 Å². The number of aromatic nitrogens is 1. The number of hydrogen-bond acceptors (Lipinski definition) is 2. The van der Waals surface area contributed by atoms with E-state index in [0.29, 0.717) is 11.1 Å². The highest BCUT2D eigenvalue weighted by atomic mass is 19.4. The molecule has 0 amide bonds. The molecule has 1 heterocycles. The van der Waals surface area contributed by atoms with Crippen LogP contribution in [0.1, 0.15) is 60.4 Å². The molecule has 0 aliphatic carbocycles. The quantitative estimate of drug-likeness (QED) is 0.0691. The minimum atomic E-state index is -6.13. The Morgan fingerprint density at radius 1 is 0.385 bits per heavy atom. The van der Waals surface area contributed by atoms with E-state index in [-0.39, 0.29) is 12.3 Å². The minimum Gasteiger partial charge on any atom is -0.287 e. The van der Waals surface area contributed by atoms with Crippen LogP contribution in [0.2, 0.25) is 0 Å². The smallest absolute Gasteiger partial charge is 0.287 e. The topological polar surface area (TPSA) is 44.7 Å². The number of carbonyl (C=O) groups is 1. The largest absolute Gasteiger partial charge is 0.416 e. The van der Waals surface area contributed by atoms with Gasteiger partial charge in [-0.2, -0.15) is 137 Å². The van der Waals surface area contributed by atoms with Gasteiger partial charge in [0.25, 0.3) is 0 Å². The second-order valence-corrected chi connectivity index (χ2v) is 17.1. The summed E-state index contributed by atoms with van der Waals surface area (Å²) in [6.07, 6.45) is -51.2. The van der Waals surface area contributed by atoms with E-state index in [1.54, 1.807) is 22.9 Å². The Kier molecular flexibility index (Phi) is 15.7. The van der Waals surface area contributed by atoms with Crippen molar-refractivity contribution in [2.24, 2.45) is 0 Å². The first-order valence-electron chi connectivity index (χ1n) is 21.3. The maximum absolute atomic E-state index is 14.2. The predicted molar refractivity (Wildman–Crippen MR) is 230 cm³/mol. The van der Waals surface area contributed by atoms with E-state index in [9.17, 15) is 115 Å². The molecule has 0 unspecified atom stereocenters. The Morgan fingerprint density at radius 3 is 0.923 bits per heavy atom. The van der Waals surface area contributed by atoms with Gasteiger partial charge >= 0.3 is 49.4 Å². The summed E-state index contributed by atoms with van der Waals surface area (Å²) in [7, 11) is 0. The molecule has 0 N–H and O–H groups in total. The van der Waals surface area contributed by atoms with E-state index in [1.807, 2.05) is 48.7 Å². The number of nitriles is 1. The third-order valence-corrected chi connectivity index (χ3v) is 11.8. The molecule has 0 bridgehead atoms. The lowest BCUT2D eigenvalue weighted by Crippen LogP contribution is -2.75. The van der Waals surface area contributed by atoms with Crippen molar-refractivity contribution in [2.45, 2.75) is 56.0 Å². The third kappa shape index (κ3) is 13.2. The van der Waals surface area contributed by atoms with E-state index in [2.05, 4.69) is 6.07 Å². The number of benzene rings is 6. The van der Waals surface area contributed by atoms with Gasteiger partial charge in [0.2, 0.25) is 12.3 Å². The molecule has 0 saturated heterocycles. The first-order chi connectivity index (χ1) is 35.5. The first kappa shape index (κ1) is 59.5. The number of nitrogens with zero attached hydrogens (tertiary/aromatic N) is 2. The van der Waals surface area contributed by atoms with Gasteiger partial charge in [0.15, 0.2) is 12.4 Å². The van der Waals surface area contributed by atoms with E-state index < -0.39 is 195 Å². The fourth-order valence-electron chi connectivity index (χ4n) is 8.44. The number of hydrogen-bond donors (Lipinski definition) is 0. The SMILES string of the molecule is FC(F)(F)c1cc([B-](c2cc(C(F)(F)F)cc(C(F)(F)F)c2)(c2cc(C(F)(F)F)cc(C(F)(F)F)c2)c2cc(C(F)(F)F)cc(C(F)(F)F)c2)cc(C(F)(F)F)c1.N#Cc1c[n+](CC(=O)c2ccccc2)cc2ccccc12. The number of fused-ring (bicyclic) bond motifs is 1. The van der Waals surface area contributed by atoms with Gasteiger partial charge in [0.05, 0.1) is 44.5 Å². The van der Waals surface area contributed by atoms with Gasteiger partial charge in [-0.25, -0.2) is 0 Å². The molecular weight excluding hydrogens is 1110 g/mol. The van der Waals surface area contributed by atoms with Gasteiger partial charge in [-0.05, 0) is 30.3 Å². The lowest BCUT2D eigenvalue weighted by molar-refractivity contribution is -0.682. The number of rotatable bonds is 7. The van der Waals surface area contributed by atoms with Crippen molar-refractivity contribution in [1.29, 1.82) is 5.26 Å². The van der Waals surface area contributed by atoms with Crippen molar-refractivity contribution in [3.05, 3.63) is 195 Å². The van der Waals surface area contributed by atoms with Gasteiger partial charge in [0, 0.05) is 16.3 Å². The number of ketones is 1. The van der Waals surface area contributed by atoms with Crippen molar-refractivity contribution in [2.75, 3.05) is 0 Å². The molecule has 28 heteroatoms. The summed E-state index contributed by atoms with van der Waals surface area (Å²) in [5, 5.41) is 11.1. The van der Waals surface area contributed by atoms with Crippen LogP contribution in [-0.2, 0) is 56.0 Å². The molecule has 0 aliphatic heterocycles. The van der Waals surface area contributed by atoms with Crippen LogP contribution in [0.3, 0.4) is 0 Å². The average Bonchev–Trinajstić information content (AvgIpc) is 3.51. The Hall–Kier alpha value is -7.73. The van der Waals surface area contributed by atoms with Crippen LogP contribution in [0.15, 0.2) is 140 Å². The maximum atomic E-state index is 14.2. The average molecular weight is 1140 g/mol. The minimum absolute atomic E-state index is 0.0276. The summed E-state index contributed by atoms with van der Waals surface area (Å²) >= 11 is 0. The molecule has 78 heavy (non-hydrogen) atoms. The van der Waals surface area contributed by atoms with E-state index in [4.69, 9.17) is 0 Å². The van der Waals surface area contributed by atoms with Crippen LogP contribution in [-0.4, -0.2) is 11.9 Å². The second-order valence-electron chi connectivity index (χ2n) is 17.1. The summed E-state index contributed by atoms with van der Waals surface area (Å²) in [6, 6.07) is 10.2. The fraction of sp³-hybridized carbons (Fsp3) is 0.180. The molecule has 7 rings (SSSR count). The monoisotopic (exact) mass is 1140 g/mol. The van der Waals surface area contributed by atoms with Gasteiger partial charge in [-0.15, -0.1) is 0 Å². The van der Waals surface area contributed by atoms with Crippen LogP contribution in [0.25, 0.3) is 10.8 Å². The van der Waals surface area contributed by atoms with Crippen molar-refractivity contribution < 1.29 is 115 Å². The second kappa shape index (κ2) is 20.6. The van der Waals surface area contributed by atoms with Crippen LogP contribution in [0.4, 0.5) is 105 Å².